The van der Waals surface area contributed by atoms with Gasteiger partial charge in [-0.1, -0.05) is 0 Å². The molecule has 1 aliphatic heterocycles. The number of amides is 1. The summed E-state index contributed by atoms with van der Waals surface area (Å²) in [5.41, 5.74) is 6.75. The molecule has 10 heteroatoms. The number of carbonyl (C=O) groups excluding carboxylic acids is 2. The number of halogens is 2. The first kappa shape index (κ1) is 21.6. The number of methoxy groups -OCH3 is 1. The predicted molar refractivity (Wildman–Crippen MR) is 107 cm³/mol. The number of carbonyl (C=O) groups is 2. The average Bonchev–Trinajstić information content (AvgIpc) is 3.18. The van der Waals surface area contributed by atoms with Crippen molar-refractivity contribution in [1.29, 1.82) is 0 Å². The van der Waals surface area contributed by atoms with Gasteiger partial charge >= 0.3 is 5.97 Å². The third-order valence-corrected chi connectivity index (χ3v) is 6.56. The number of aromatic nitrogens is 3. The fourth-order valence-electron chi connectivity index (χ4n) is 4.67. The van der Waals surface area contributed by atoms with E-state index in [9.17, 15) is 18.4 Å². The first-order valence-corrected chi connectivity index (χ1v) is 10.6. The molecule has 0 bridgehead atoms. The fourth-order valence-corrected chi connectivity index (χ4v) is 4.67. The highest BCUT2D eigenvalue weighted by Crippen LogP contribution is 2.40. The van der Waals surface area contributed by atoms with Gasteiger partial charge in [-0.2, -0.15) is 5.10 Å². The Labute approximate surface area is 178 Å². The van der Waals surface area contributed by atoms with Crippen LogP contribution in [-0.4, -0.2) is 46.1 Å². The number of nitrogens with one attached hydrogen (secondary N) is 1. The Morgan fingerprint density at radius 1 is 1.35 bits per heavy atom. The smallest absolute Gasteiger partial charge is 0.321 e. The Balaban J connectivity index is 1.56. The van der Waals surface area contributed by atoms with Crippen molar-refractivity contribution in [2.45, 2.75) is 56.9 Å². The standard InChI is InChI=1S/C21H27F2N5O3/c1-31-19(30)20(7-2-10-25-18(20)29)11-14-3-4-16-26-15(12-28(16)27-14)17(24)13-5-8-21(22,23)9-6-13/h3-4,12-13,17H,2,5-11,24H2,1H3,(H,25,29)/t17-,20-/m0/s1. The molecule has 1 saturated carbocycles. The van der Waals surface area contributed by atoms with E-state index in [1.807, 2.05) is 0 Å². The number of hydrogen-bond donors (Lipinski definition) is 2. The SMILES string of the molecule is COC(=O)[C@]1(Cc2ccc3nc([C@@H](N)C4CCC(F)(F)CC4)cn3n2)CCCNC1=O. The van der Waals surface area contributed by atoms with Crippen molar-refractivity contribution in [1.82, 2.24) is 19.9 Å². The highest BCUT2D eigenvalue weighted by molar-refractivity contribution is 6.03. The van der Waals surface area contributed by atoms with E-state index in [1.165, 1.54) is 7.11 Å². The molecule has 4 rings (SSSR count). The maximum Gasteiger partial charge on any atom is 0.321 e. The molecule has 2 fully saturated rings. The van der Waals surface area contributed by atoms with Gasteiger partial charge in [0.15, 0.2) is 11.1 Å². The molecule has 2 aromatic rings. The lowest BCUT2D eigenvalue weighted by Crippen LogP contribution is -2.52. The molecule has 1 aliphatic carbocycles. The quantitative estimate of drug-likeness (QED) is 0.550. The van der Waals surface area contributed by atoms with Crippen LogP contribution < -0.4 is 11.1 Å². The number of nitrogens with zero attached hydrogens (tertiary/aromatic N) is 3. The molecule has 31 heavy (non-hydrogen) atoms. The minimum atomic E-state index is -2.60. The summed E-state index contributed by atoms with van der Waals surface area (Å²) in [6, 6.07) is 3.02. The molecule has 1 amide bonds. The number of esters is 1. The molecule has 2 aromatic heterocycles. The molecule has 168 valence electrons. The van der Waals surface area contributed by atoms with Gasteiger partial charge in [-0.15, -0.1) is 0 Å². The van der Waals surface area contributed by atoms with Crippen molar-refractivity contribution < 1.29 is 23.1 Å². The van der Waals surface area contributed by atoms with E-state index in [0.29, 0.717) is 49.3 Å². The van der Waals surface area contributed by atoms with Crippen molar-refractivity contribution in [3.05, 3.63) is 29.7 Å². The third-order valence-electron chi connectivity index (χ3n) is 6.56. The summed E-state index contributed by atoms with van der Waals surface area (Å²) < 4.78 is 33.4. The topological polar surface area (TPSA) is 112 Å². The number of rotatable bonds is 5. The van der Waals surface area contributed by atoms with Crippen LogP contribution in [0.15, 0.2) is 18.3 Å². The Morgan fingerprint density at radius 3 is 2.77 bits per heavy atom. The zero-order chi connectivity index (χ0) is 22.2. The molecule has 2 aliphatic rings. The molecular weight excluding hydrogens is 408 g/mol. The summed E-state index contributed by atoms with van der Waals surface area (Å²) >= 11 is 0. The van der Waals surface area contributed by atoms with Crippen LogP contribution in [-0.2, 0) is 20.7 Å². The minimum absolute atomic E-state index is 0.0578. The average molecular weight is 435 g/mol. The van der Waals surface area contributed by atoms with E-state index in [0.717, 1.165) is 0 Å². The Morgan fingerprint density at radius 2 is 2.10 bits per heavy atom. The number of piperidine rings is 1. The third kappa shape index (κ3) is 4.13. The van der Waals surface area contributed by atoms with Gasteiger partial charge in [0.1, 0.15) is 0 Å². The van der Waals surface area contributed by atoms with Crippen LogP contribution >= 0.6 is 0 Å². The maximum absolute atomic E-state index is 13.5. The molecule has 0 radical (unpaired) electrons. The van der Waals surface area contributed by atoms with E-state index in [4.69, 9.17) is 10.5 Å². The molecule has 2 atom stereocenters. The minimum Gasteiger partial charge on any atom is -0.468 e. The molecule has 3 heterocycles. The number of hydrogen-bond acceptors (Lipinski definition) is 6. The van der Waals surface area contributed by atoms with E-state index in [2.05, 4.69) is 15.4 Å². The van der Waals surface area contributed by atoms with E-state index < -0.39 is 23.3 Å². The largest absolute Gasteiger partial charge is 0.468 e. The zero-order valence-electron chi connectivity index (χ0n) is 17.4. The highest BCUT2D eigenvalue weighted by Gasteiger charge is 2.48. The normalized spacial score (nSPS) is 25.2. The number of nitrogens with two attached hydrogens (primary N) is 1. The van der Waals surface area contributed by atoms with Crippen molar-refractivity contribution in [2.75, 3.05) is 13.7 Å². The van der Waals surface area contributed by atoms with Crippen molar-refractivity contribution in [3.8, 4) is 0 Å². The maximum atomic E-state index is 13.5. The predicted octanol–water partition coefficient (Wildman–Crippen LogP) is 2.17. The lowest BCUT2D eigenvalue weighted by molar-refractivity contribution is -0.161. The monoisotopic (exact) mass is 435 g/mol. The van der Waals surface area contributed by atoms with Gasteiger partial charge in [-0.05, 0) is 43.7 Å². The van der Waals surface area contributed by atoms with Crippen LogP contribution in [0.3, 0.4) is 0 Å². The number of alkyl halides is 2. The fraction of sp³-hybridized carbons (Fsp3) is 0.619. The number of imidazole rings is 1. The summed E-state index contributed by atoms with van der Waals surface area (Å²) in [5.74, 6) is -3.59. The van der Waals surface area contributed by atoms with Crippen molar-refractivity contribution in [2.24, 2.45) is 17.1 Å². The molecule has 8 nitrogen and oxygen atoms in total. The van der Waals surface area contributed by atoms with Crippen LogP contribution in [0.25, 0.3) is 5.65 Å². The van der Waals surface area contributed by atoms with Gasteiger partial charge < -0.3 is 15.8 Å². The molecule has 0 unspecified atom stereocenters. The first-order valence-electron chi connectivity index (χ1n) is 10.6. The molecule has 0 aromatic carbocycles. The van der Waals surface area contributed by atoms with Crippen LogP contribution in [0, 0.1) is 11.3 Å². The van der Waals surface area contributed by atoms with Crippen LogP contribution in [0.2, 0.25) is 0 Å². The molecular formula is C21H27F2N5O3. The summed E-state index contributed by atoms with van der Waals surface area (Å²) in [4.78, 5) is 29.6. The Kier molecular flexibility index (Phi) is 5.67. The molecule has 3 N–H and O–H groups in total. The van der Waals surface area contributed by atoms with Crippen LogP contribution in [0.4, 0.5) is 8.78 Å². The number of fused-ring (bicyclic) bond motifs is 1. The van der Waals surface area contributed by atoms with Gasteiger partial charge in [0.05, 0.1) is 30.7 Å². The van der Waals surface area contributed by atoms with E-state index in [-0.39, 0.29) is 31.1 Å². The van der Waals surface area contributed by atoms with E-state index in [1.54, 1.807) is 22.8 Å². The van der Waals surface area contributed by atoms with Gasteiger partial charge in [0.25, 0.3) is 0 Å². The zero-order valence-corrected chi connectivity index (χ0v) is 17.4. The van der Waals surface area contributed by atoms with Gasteiger partial charge in [-0.25, -0.2) is 18.3 Å². The van der Waals surface area contributed by atoms with Crippen LogP contribution in [0.5, 0.6) is 0 Å². The summed E-state index contributed by atoms with van der Waals surface area (Å²) in [5, 5.41) is 7.28. The Hall–Kier alpha value is -2.62. The molecule has 1 saturated heterocycles. The second-order valence-electron chi connectivity index (χ2n) is 8.62. The highest BCUT2D eigenvalue weighted by atomic mass is 19.3. The van der Waals surface area contributed by atoms with Crippen LogP contribution in [0.1, 0.15) is 56.0 Å². The second-order valence-corrected chi connectivity index (χ2v) is 8.62. The first-order chi connectivity index (χ1) is 14.7. The summed E-state index contributed by atoms with van der Waals surface area (Å²) in [7, 11) is 1.27. The molecule has 0 spiro atoms. The summed E-state index contributed by atoms with van der Waals surface area (Å²) in [6.07, 6.45) is 3.28. The van der Waals surface area contributed by atoms with Gasteiger partial charge in [0.2, 0.25) is 11.8 Å². The summed E-state index contributed by atoms with van der Waals surface area (Å²) in [6.45, 7) is 0.528. The van der Waals surface area contributed by atoms with Crippen molar-refractivity contribution in [3.63, 3.8) is 0 Å². The lowest BCUT2D eigenvalue weighted by Gasteiger charge is -2.33. The van der Waals surface area contributed by atoms with Crippen molar-refractivity contribution >= 4 is 17.5 Å². The van der Waals surface area contributed by atoms with Gasteiger partial charge in [-0.3, -0.25) is 9.59 Å². The lowest BCUT2D eigenvalue weighted by atomic mass is 9.76. The van der Waals surface area contributed by atoms with E-state index >= 15 is 0 Å². The van der Waals surface area contributed by atoms with Gasteiger partial charge in [0, 0.05) is 25.8 Å². The number of ether oxygens (including phenoxy) is 1. The Bertz CT molecular complexity index is 975. The second kappa shape index (κ2) is 8.14.